The lowest BCUT2D eigenvalue weighted by molar-refractivity contribution is -0.276. The summed E-state index contributed by atoms with van der Waals surface area (Å²) in [6.07, 6.45) is -0.720. The normalized spacial score (nSPS) is 23.9. The zero-order valence-electron chi connectivity index (χ0n) is 39.4. The Morgan fingerprint density at radius 2 is 1.83 bits per heavy atom. The Labute approximate surface area is 412 Å². The molecule has 5 amide bonds. The molecule has 4 N–H and O–H groups in total. The molecule has 0 unspecified atom stereocenters. The molecule has 5 aliphatic heterocycles. The van der Waals surface area contributed by atoms with Crippen LogP contribution in [-0.4, -0.2) is 95.6 Å². The average Bonchev–Trinajstić information content (AvgIpc) is 3.97. The number of hydrogen-bond donors (Lipinski definition) is 4. The molecule has 3 saturated heterocycles. The third kappa shape index (κ3) is 9.73. The minimum absolute atomic E-state index is 0.0636. The average molecular weight is 998 g/mol. The smallest absolute Gasteiger partial charge is 0.495 e. The first-order chi connectivity index (χ1) is 33.7. The van der Waals surface area contributed by atoms with Gasteiger partial charge < -0.3 is 35.2 Å². The summed E-state index contributed by atoms with van der Waals surface area (Å²) in [5.41, 5.74) is 1.93. The molecule has 1 spiro atoms. The van der Waals surface area contributed by atoms with Crippen LogP contribution in [-0.2, 0) is 26.3 Å². The fourth-order valence-electron chi connectivity index (χ4n) is 11.1. The third-order valence-electron chi connectivity index (χ3n) is 14.2. The van der Waals surface area contributed by atoms with Crippen LogP contribution in [0.15, 0.2) is 66.9 Å². The lowest BCUT2D eigenvalue weighted by Crippen LogP contribution is -2.52. The van der Waals surface area contributed by atoms with Crippen molar-refractivity contribution >= 4 is 52.5 Å². The predicted molar refractivity (Wildman–Crippen MR) is 254 cm³/mol. The molecule has 0 radical (unpaired) electrons. The van der Waals surface area contributed by atoms with Crippen molar-refractivity contribution in [3.8, 4) is 23.5 Å². The second-order valence-electron chi connectivity index (χ2n) is 20.0. The highest BCUT2D eigenvalue weighted by molar-refractivity contribution is 6.30. The van der Waals surface area contributed by atoms with E-state index in [9.17, 15) is 37.1 Å². The molecule has 5 aliphatic rings. The first-order valence-corrected chi connectivity index (χ1v) is 23.9. The van der Waals surface area contributed by atoms with Crippen molar-refractivity contribution < 1.29 is 51.0 Å². The van der Waals surface area contributed by atoms with Crippen molar-refractivity contribution in [3.05, 3.63) is 111 Å². The van der Waals surface area contributed by atoms with E-state index in [1.54, 1.807) is 47.4 Å². The number of nitrogens with one attached hydrogen (secondary N) is 4. The first kappa shape index (κ1) is 49.3. The van der Waals surface area contributed by atoms with Gasteiger partial charge in [-0.15, -0.1) is 13.2 Å². The van der Waals surface area contributed by atoms with Crippen LogP contribution in [0.2, 0.25) is 5.02 Å². The number of imide groups is 1. The number of rotatable bonds is 9. The molecule has 0 aliphatic carbocycles. The minimum Gasteiger partial charge on any atom is -0.495 e. The quantitative estimate of drug-likeness (QED) is 0.0741. The summed E-state index contributed by atoms with van der Waals surface area (Å²) < 4.78 is 66.1. The molecule has 9 rings (SSSR count). The van der Waals surface area contributed by atoms with Gasteiger partial charge in [0.2, 0.25) is 23.6 Å². The van der Waals surface area contributed by atoms with E-state index in [1.807, 2.05) is 26.8 Å². The van der Waals surface area contributed by atoms with Gasteiger partial charge in [0, 0.05) is 96.6 Å². The molecule has 3 fully saturated rings. The molecule has 14 nitrogen and oxygen atoms in total. The second kappa shape index (κ2) is 19.1. The number of aromatic nitrogens is 1. The number of alkyl halides is 3. The van der Waals surface area contributed by atoms with Crippen molar-refractivity contribution in [1.29, 1.82) is 0 Å². The van der Waals surface area contributed by atoms with E-state index in [0.29, 0.717) is 53.9 Å². The molecule has 6 atom stereocenters. The van der Waals surface area contributed by atoms with Crippen molar-refractivity contribution in [1.82, 2.24) is 25.4 Å². The van der Waals surface area contributed by atoms with Gasteiger partial charge in [-0.05, 0) is 84.5 Å². The highest BCUT2D eigenvalue weighted by Crippen LogP contribution is 2.57. The number of anilines is 2. The number of amides is 5. The van der Waals surface area contributed by atoms with E-state index < -0.39 is 59.3 Å². The number of benzene rings is 3. The van der Waals surface area contributed by atoms with Gasteiger partial charge in [0.15, 0.2) is 0 Å². The highest BCUT2D eigenvalue weighted by atomic mass is 35.5. The summed E-state index contributed by atoms with van der Waals surface area (Å²) >= 11 is 6.38. The van der Waals surface area contributed by atoms with Gasteiger partial charge >= 0.3 is 6.36 Å². The number of pyridine rings is 1. The number of hydrogen-bond acceptors (Lipinski definition) is 10. The predicted octanol–water partition coefficient (Wildman–Crippen LogP) is 7.70. The number of nitrogens with zero attached hydrogens (tertiary/aromatic N) is 3. The zero-order chi connectivity index (χ0) is 50.6. The van der Waals surface area contributed by atoms with Crippen LogP contribution < -0.4 is 30.7 Å². The molecule has 3 aromatic carbocycles. The molecule has 372 valence electrons. The number of likely N-dealkylation sites (tertiary alicyclic amines) is 1. The summed E-state index contributed by atoms with van der Waals surface area (Å²) in [5.74, 6) is 2.49. The zero-order valence-corrected chi connectivity index (χ0v) is 40.2. The van der Waals surface area contributed by atoms with Gasteiger partial charge in [0.05, 0.1) is 23.9 Å². The number of ether oxygens (including phenoxy) is 2. The van der Waals surface area contributed by atoms with Crippen molar-refractivity contribution in [3.63, 3.8) is 0 Å². The number of carbonyl (C=O) groups is 5. The molecule has 4 aromatic rings. The van der Waals surface area contributed by atoms with E-state index in [1.165, 1.54) is 24.3 Å². The second-order valence-corrected chi connectivity index (χ2v) is 20.4. The van der Waals surface area contributed by atoms with Crippen LogP contribution in [0, 0.1) is 29.0 Å². The summed E-state index contributed by atoms with van der Waals surface area (Å²) in [4.78, 5) is 73.8. The Morgan fingerprint density at radius 3 is 2.58 bits per heavy atom. The summed E-state index contributed by atoms with van der Waals surface area (Å²) in [6.45, 7) is 7.33. The van der Waals surface area contributed by atoms with E-state index in [-0.39, 0.29) is 77.0 Å². The molecule has 0 bridgehead atoms. The summed E-state index contributed by atoms with van der Waals surface area (Å²) in [5, 5.41) is 11.8. The van der Waals surface area contributed by atoms with Gasteiger partial charge in [0.25, 0.3) is 11.8 Å². The van der Waals surface area contributed by atoms with Gasteiger partial charge in [-0.3, -0.25) is 29.3 Å². The fraction of sp³-hybridized carbons (Fsp3) is 0.423. The van der Waals surface area contributed by atoms with E-state index in [4.69, 9.17) is 16.3 Å². The van der Waals surface area contributed by atoms with E-state index in [2.05, 4.69) is 42.8 Å². The van der Waals surface area contributed by atoms with Crippen LogP contribution in [0.4, 0.5) is 28.9 Å². The van der Waals surface area contributed by atoms with Crippen molar-refractivity contribution in [2.75, 3.05) is 37.4 Å². The molecule has 6 heterocycles. The topological polar surface area (TPSA) is 171 Å². The maximum Gasteiger partial charge on any atom is 0.574 e. The largest absolute Gasteiger partial charge is 0.574 e. The summed E-state index contributed by atoms with van der Waals surface area (Å²) in [7, 11) is 1.41. The molecule has 0 saturated carbocycles. The Morgan fingerprint density at radius 1 is 1.04 bits per heavy atom. The number of halogens is 5. The Balaban J connectivity index is 0.922. The lowest BCUT2D eigenvalue weighted by atomic mass is 9.63. The monoisotopic (exact) mass is 997 g/mol. The molecular weight excluding hydrogens is 946 g/mol. The van der Waals surface area contributed by atoms with Crippen LogP contribution in [0.5, 0.6) is 11.6 Å². The Kier molecular flexibility index (Phi) is 13.3. The molecule has 19 heteroatoms. The highest BCUT2D eigenvalue weighted by Gasteiger charge is 2.62. The fourth-order valence-corrected chi connectivity index (χ4v) is 11.2. The van der Waals surface area contributed by atoms with Gasteiger partial charge in [0.1, 0.15) is 17.6 Å². The Hall–Kier alpha value is -6.71. The number of carbonyl (C=O) groups excluding carboxylic acids is 5. The van der Waals surface area contributed by atoms with E-state index in [0.717, 1.165) is 24.5 Å². The molecular formula is C52H52ClF4N7O7. The van der Waals surface area contributed by atoms with Gasteiger partial charge in [-0.2, -0.15) is 0 Å². The summed E-state index contributed by atoms with van der Waals surface area (Å²) in [6, 6.07) is 13.4. The maximum absolute atomic E-state index is 16.4. The minimum atomic E-state index is -4.98. The molecule has 1 aromatic heterocycles. The Bertz CT molecular complexity index is 2900. The van der Waals surface area contributed by atoms with E-state index >= 15 is 4.39 Å². The van der Waals surface area contributed by atoms with Crippen molar-refractivity contribution in [2.24, 2.45) is 11.3 Å². The number of piperidine rings is 2. The maximum atomic E-state index is 16.4. The first-order valence-electron chi connectivity index (χ1n) is 23.5. The molecule has 71 heavy (non-hydrogen) atoms. The lowest BCUT2D eigenvalue weighted by Gasteiger charge is -2.39. The number of fused-ring (bicyclic) bond motifs is 3. The van der Waals surface area contributed by atoms with Crippen LogP contribution in [0.1, 0.15) is 108 Å². The van der Waals surface area contributed by atoms with Crippen molar-refractivity contribution in [2.45, 2.75) is 102 Å². The third-order valence-corrected chi connectivity index (χ3v) is 14.5. The van der Waals surface area contributed by atoms with Crippen LogP contribution in [0.3, 0.4) is 0 Å². The van der Waals surface area contributed by atoms with Gasteiger partial charge in [-0.1, -0.05) is 62.4 Å². The number of methoxy groups -OCH3 is 1. The standard InChI is InChI=1S/C52H52ClF4N7O7/c1-50(2,3)23-40-51(27-59-37-22-42(58-24-34(37)51)71-52(55,56)57)43(32-14-7-15-35(53)44(32)54)45(61-40)47(67)60-36-17-16-30(21-39(36)70-4)48(68)63-20-8-10-28(25-63)9-5-11-29-12-6-13-31-33(29)26-64(49(31)69)38-18-19-41(65)62-46(38)66/h6-7,12-17,21-22,24,28,38,40,43,45,59,61H,8-10,18-20,23,25-27H2,1-4H3,(H,60,67)(H,62,65,66)/t28-,38-,40+,43+,45-,51+/m1/s1. The van der Waals surface area contributed by atoms with Crippen LogP contribution >= 0.6 is 11.6 Å². The van der Waals surface area contributed by atoms with Crippen LogP contribution in [0.25, 0.3) is 0 Å². The van der Waals surface area contributed by atoms with Gasteiger partial charge in [-0.25, -0.2) is 9.37 Å². The SMILES string of the molecule is COc1cc(C(=O)N2CCC[C@@H](CC#Cc3cccc4c3CN([C@@H]3CCC(=O)NC3=O)C4=O)C2)ccc1NC(=O)[C@@H]1N[C@@H](CC(C)(C)C)[C@@]2(CNc3cc(OC(F)(F)F)ncc32)[C@H]1c1cccc(Cl)c1F.